The van der Waals surface area contributed by atoms with E-state index >= 15 is 0 Å². The van der Waals surface area contributed by atoms with Gasteiger partial charge in [0.25, 0.3) is 0 Å². The minimum absolute atomic E-state index is 0.00228. The Labute approximate surface area is 132 Å². The second-order valence-corrected chi connectivity index (χ2v) is 8.71. The fraction of sp³-hybridized carbons (Fsp3) is 0.867. The molecule has 0 bridgehead atoms. The lowest BCUT2D eigenvalue weighted by Crippen LogP contribution is -2.42. The van der Waals surface area contributed by atoms with Crippen LogP contribution in [0.1, 0.15) is 39.0 Å². The van der Waals surface area contributed by atoms with E-state index in [2.05, 4.69) is 5.32 Å². The molecule has 0 aromatic carbocycles. The van der Waals surface area contributed by atoms with Crippen LogP contribution in [0.5, 0.6) is 0 Å². The van der Waals surface area contributed by atoms with Gasteiger partial charge in [0.15, 0.2) is 9.84 Å². The maximum Gasteiger partial charge on any atom is 0.223 e. The van der Waals surface area contributed by atoms with Crippen molar-refractivity contribution in [2.75, 3.05) is 31.1 Å². The van der Waals surface area contributed by atoms with Gasteiger partial charge >= 0.3 is 0 Å². The maximum atomic E-state index is 12.1. The van der Waals surface area contributed by atoms with Crippen molar-refractivity contribution in [1.82, 2.24) is 10.2 Å². The molecule has 2 amide bonds. The van der Waals surface area contributed by atoms with Gasteiger partial charge in [-0.05, 0) is 38.0 Å². The highest BCUT2D eigenvalue weighted by Gasteiger charge is 2.28. The fourth-order valence-electron chi connectivity index (χ4n) is 3.30. The molecular weight excluding hydrogens is 304 g/mol. The summed E-state index contributed by atoms with van der Waals surface area (Å²) in [6.07, 6.45) is 3.92. The first-order valence-corrected chi connectivity index (χ1v) is 9.93. The van der Waals surface area contributed by atoms with Crippen molar-refractivity contribution in [2.45, 2.75) is 39.0 Å². The smallest absolute Gasteiger partial charge is 0.223 e. The molecule has 0 radical (unpaired) electrons. The monoisotopic (exact) mass is 330 g/mol. The van der Waals surface area contributed by atoms with Crippen LogP contribution in [0.2, 0.25) is 0 Å². The molecule has 2 aliphatic heterocycles. The van der Waals surface area contributed by atoms with Crippen LogP contribution < -0.4 is 5.32 Å². The van der Waals surface area contributed by atoms with E-state index in [-0.39, 0.29) is 23.7 Å². The number of hydrogen-bond acceptors (Lipinski definition) is 4. The average Bonchev–Trinajstić information content (AvgIpc) is 2.83. The largest absolute Gasteiger partial charge is 0.356 e. The van der Waals surface area contributed by atoms with Crippen LogP contribution in [0.4, 0.5) is 0 Å². The lowest BCUT2D eigenvalue weighted by molar-refractivity contribution is -0.133. The highest BCUT2D eigenvalue weighted by Crippen LogP contribution is 2.22. The summed E-state index contributed by atoms with van der Waals surface area (Å²) in [5, 5.41) is 2.95. The van der Waals surface area contributed by atoms with Gasteiger partial charge in [0, 0.05) is 32.5 Å². The van der Waals surface area contributed by atoms with Crippen LogP contribution in [0.25, 0.3) is 0 Å². The molecule has 2 saturated heterocycles. The Balaban J connectivity index is 1.60. The van der Waals surface area contributed by atoms with Crippen LogP contribution >= 0.6 is 0 Å². The first-order chi connectivity index (χ1) is 10.4. The lowest BCUT2D eigenvalue weighted by Gasteiger charge is -2.30. The number of hydrogen-bond donors (Lipinski definition) is 1. The number of piperidine rings is 1. The molecule has 2 aliphatic rings. The number of nitrogens with one attached hydrogen (secondary N) is 1. The third-order valence-corrected chi connectivity index (χ3v) is 6.56. The highest BCUT2D eigenvalue weighted by molar-refractivity contribution is 7.91. The molecular formula is C15H26N2O4S. The molecule has 2 rings (SSSR count). The Hall–Kier alpha value is -1.11. The van der Waals surface area contributed by atoms with Gasteiger partial charge in [0.05, 0.1) is 11.5 Å². The standard InChI is InChI=1S/C15H26N2O4S/c1-12(18)17-8-4-14(5-9-17)15(19)16-7-2-3-13-6-10-22(20,21)11-13/h13-14H,2-11H2,1H3,(H,16,19). The Kier molecular flexibility index (Phi) is 5.83. The van der Waals surface area contributed by atoms with Gasteiger partial charge in [-0.1, -0.05) is 0 Å². The van der Waals surface area contributed by atoms with Gasteiger partial charge in [-0.2, -0.15) is 0 Å². The van der Waals surface area contributed by atoms with Crippen LogP contribution in [-0.4, -0.2) is 56.3 Å². The van der Waals surface area contributed by atoms with Gasteiger partial charge in [0.1, 0.15) is 0 Å². The molecule has 1 unspecified atom stereocenters. The van der Waals surface area contributed by atoms with E-state index in [0.29, 0.717) is 31.1 Å². The molecule has 6 nitrogen and oxygen atoms in total. The molecule has 2 heterocycles. The number of rotatable bonds is 5. The lowest BCUT2D eigenvalue weighted by atomic mass is 9.95. The van der Waals surface area contributed by atoms with E-state index in [1.165, 1.54) is 0 Å². The minimum atomic E-state index is -2.80. The summed E-state index contributed by atoms with van der Waals surface area (Å²) in [5.41, 5.74) is 0. The summed E-state index contributed by atoms with van der Waals surface area (Å²) in [6.45, 7) is 3.49. The Bertz CT molecular complexity index is 510. The zero-order valence-electron chi connectivity index (χ0n) is 13.2. The van der Waals surface area contributed by atoms with Crippen LogP contribution in [0.15, 0.2) is 0 Å². The van der Waals surface area contributed by atoms with Crippen LogP contribution in [0, 0.1) is 11.8 Å². The van der Waals surface area contributed by atoms with Crippen molar-refractivity contribution in [3.8, 4) is 0 Å². The second-order valence-electron chi connectivity index (χ2n) is 6.48. The topological polar surface area (TPSA) is 83.6 Å². The number of amides is 2. The first-order valence-electron chi connectivity index (χ1n) is 8.11. The zero-order valence-corrected chi connectivity index (χ0v) is 14.0. The van der Waals surface area contributed by atoms with Crippen molar-refractivity contribution in [3.05, 3.63) is 0 Å². The van der Waals surface area contributed by atoms with Gasteiger partial charge in [0.2, 0.25) is 11.8 Å². The van der Waals surface area contributed by atoms with E-state index in [4.69, 9.17) is 0 Å². The second kappa shape index (κ2) is 7.44. The van der Waals surface area contributed by atoms with E-state index in [0.717, 1.165) is 32.1 Å². The molecule has 7 heteroatoms. The van der Waals surface area contributed by atoms with Crippen LogP contribution in [0.3, 0.4) is 0 Å². The predicted molar refractivity (Wildman–Crippen MR) is 84.0 cm³/mol. The van der Waals surface area contributed by atoms with E-state index < -0.39 is 9.84 Å². The van der Waals surface area contributed by atoms with Crippen molar-refractivity contribution in [2.24, 2.45) is 11.8 Å². The Morgan fingerprint density at radius 1 is 1.18 bits per heavy atom. The first kappa shape index (κ1) is 17.2. The maximum absolute atomic E-state index is 12.1. The quantitative estimate of drug-likeness (QED) is 0.747. The summed E-state index contributed by atoms with van der Waals surface area (Å²) in [4.78, 5) is 25.1. The summed E-state index contributed by atoms with van der Waals surface area (Å²) < 4.78 is 22.7. The zero-order chi connectivity index (χ0) is 16.2. The molecule has 1 N–H and O–H groups in total. The molecule has 126 valence electrons. The Morgan fingerprint density at radius 2 is 1.86 bits per heavy atom. The fourth-order valence-corrected chi connectivity index (χ4v) is 5.21. The van der Waals surface area contributed by atoms with Crippen LogP contribution in [-0.2, 0) is 19.4 Å². The molecule has 0 aromatic heterocycles. The number of sulfone groups is 1. The number of carbonyl (C=O) groups excluding carboxylic acids is 2. The van der Waals surface area contributed by atoms with Crippen molar-refractivity contribution >= 4 is 21.7 Å². The molecule has 2 fully saturated rings. The SMILES string of the molecule is CC(=O)N1CCC(C(=O)NCCCC2CCS(=O)(=O)C2)CC1. The highest BCUT2D eigenvalue weighted by atomic mass is 32.2. The third kappa shape index (κ3) is 4.97. The molecule has 0 spiro atoms. The van der Waals surface area contributed by atoms with Crippen molar-refractivity contribution in [3.63, 3.8) is 0 Å². The van der Waals surface area contributed by atoms with E-state index in [9.17, 15) is 18.0 Å². The average molecular weight is 330 g/mol. The molecule has 0 aromatic rings. The normalized spacial score (nSPS) is 25.1. The number of nitrogens with zero attached hydrogens (tertiary/aromatic N) is 1. The van der Waals surface area contributed by atoms with Gasteiger partial charge in [-0.15, -0.1) is 0 Å². The third-order valence-electron chi connectivity index (χ3n) is 4.73. The minimum Gasteiger partial charge on any atom is -0.356 e. The predicted octanol–water partition coefficient (Wildman–Crippen LogP) is 0.576. The van der Waals surface area contributed by atoms with Gasteiger partial charge in [-0.3, -0.25) is 9.59 Å². The molecule has 0 aliphatic carbocycles. The van der Waals surface area contributed by atoms with Crippen molar-refractivity contribution in [1.29, 1.82) is 0 Å². The van der Waals surface area contributed by atoms with E-state index in [1.54, 1.807) is 11.8 Å². The van der Waals surface area contributed by atoms with E-state index in [1.807, 2.05) is 0 Å². The summed E-state index contributed by atoms with van der Waals surface area (Å²) >= 11 is 0. The van der Waals surface area contributed by atoms with Gasteiger partial charge in [-0.25, -0.2) is 8.42 Å². The summed E-state index contributed by atoms with van der Waals surface area (Å²) in [6, 6.07) is 0. The number of likely N-dealkylation sites (tertiary alicyclic amines) is 1. The van der Waals surface area contributed by atoms with Gasteiger partial charge < -0.3 is 10.2 Å². The molecule has 1 atom stereocenters. The molecule has 0 saturated carbocycles. The summed E-state index contributed by atoms with van der Waals surface area (Å²) in [7, 11) is -2.80. The molecule has 22 heavy (non-hydrogen) atoms. The summed E-state index contributed by atoms with van der Waals surface area (Å²) in [5.74, 6) is 1.04. The number of carbonyl (C=O) groups is 2. The Morgan fingerprint density at radius 3 is 2.41 bits per heavy atom. The van der Waals surface area contributed by atoms with Crippen molar-refractivity contribution < 1.29 is 18.0 Å².